The molecule has 30 heavy (non-hydrogen) atoms. The van der Waals surface area contributed by atoms with E-state index < -0.39 is 0 Å². The van der Waals surface area contributed by atoms with Crippen LogP contribution in [0.4, 0.5) is 0 Å². The summed E-state index contributed by atoms with van der Waals surface area (Å²) in [6.07, 6.45) is 4.67. The number of nitriles is 1. The van der Waals surface area contributed by atoms with Crippen molar-refractivity contribution < 1.29 is 0 Å². The van der Waals surface area contributed by atoms with Crippen LogP contribution in [-0.4, -0.2) is 12.3 Å². The number of hydrogen-bond donors (Lipinski definition) is 1. The van der Waals surface area contributed by atoms with Gasteiger partial charge in [-0.1, -0.05) is 50.8 Å². The molecule has 0 amide bonds. The molecular weight excluding hydrogens is 366 g/mol. The Hall–Kier alpha value is -2.96. The van der Waals surface area contributed by atoms with Gasteiger partial charge in [-0.15, -0.1) is 0 Å². The van der Waals surface area contributed by atoms with E-state index in [4.69, 9.17) is 10.7 Å². The zero-order chi connectivity index (χ0) is 22.1. The zero-order valence-corrected chi connectivity index (χ0v) is 18.7. The lowest BCUT2D eigenvalue weighted by atomic mass is 9.92. The maximum Gasteiger partial charge on any atom is 0.0991 e. The Morgan fingerprint density at radius 2 is 1.90 bits per heavy atom. The summed E-state index contributed by atoms with van der Waals surface area (Å²) >= 11 is 0. The van der Waals surface area contributed by atoms with E-state index in [1.54, 1.807) is 0 Å². The van der Waals surface area contributed by atoms with Gasteiger partial charge in [-0.3, -0.25) is 4.99 Å². The molecule has 156 valence electrons. The number of rotatable bonds is 9. The van der Waals surface area contributed by atoms with Crippen LogP contribution in [0.5, 0.6) is 0 Å². The van der Waals surface area contributed by atoms with Crippen LogP contribution in [0.1, 0.15) is 50.8 Å². The summed E-state index contributed by atoms with van der Waals surface area (Å²) in [5.74, 6) is 0.475. The van der Waals surface area contributed by atoms with E-state index in [-0.39, 0.29) is 0 Å². The van der Waals surface area contributed by atoms with Crippen LogP contribution in [-0.2, 0) is 12.8 Å². The van der Waals surface area contributed by atoms with E-state index in [2.05, 4.69) is 57.7 Å². The van der Waals surface area contributed by atoms with Gasteiger partial charge in [0, 0.05) is 11.4 Å². The Labute approximate surface area is 181 Å². The number of hydrogen-bond acceptors (Lipinski definition) is 3. The van der Waals surface area contributed by atoms with E-state index in [0.717, 1.165) is 46.5 Å². The third-order valence-corrected chi connectivity index (χ3v) is 5.44. The van der Waals surface area contributed by atoms with Gasteiger partial charge in [0.25, 0.3) is 0 Å². The summed E-state index contributed by atoms with van der Waals surface area (Å²) in [4.78, 5) is 4.73. The fourth-order valence-corrected chi connectivity index (χ4v) is 3.42. The second kappa shape index (κ2) is 11.3. The van der Waals surface area contributed by atoms with Crippen LogP contribution in [0.3, 0.4) is 0 Å². The van der Waals surface area contributed by atoms with Gasteiger partial charge in [-0.25, -0.2) is 0 Å². The van der Waals surface area contributed by atoms with Gasteiger partial charge in [0.15, 0.2) is 0 Å². The molecule has 0 saturated heterocycles. The first-order valence-electron chi connectivity index (χ1n) is 10.6. The lowest BCUT2D eigenvalue weighted by Gasteiger charge is -2.12. The van der Waals surface area contributed by atoms with E-state index >= 15 is 0 Å². The first-order chi connectivity index (χ1) is 14.4. The first-order valence-corrected chi connectivity index (χ1v) is 10.6. The molecule has 0 aromatic heterocycles. The molecule has 0 radical (unpaired) electrons. The maximum atomic E-state index is 9.36. The summed E-state index contributed by atoms with van der Waals surface area (Å²) in [5.41, 5.74) is 14.0. The van der Waals surface area contributed by atoms with Crippen LogP contribution in [0.25, 0.3) is 11.1 Å². The molecule has 2 N–H and O–H groups in total. The Morgan fingerprint density at radius 1 is 1.20 bits per heavy atom. The van der Waals surface area contributed by atoms with Gasteiger partial charge in [-0.05, 0) is 91.6 Å². The minimum absolute atomic E-state index is 0.475. The van der Waals surface area contributed by atoms with Gasteiger partial charge < -0.3 is 5.73 Å². The van der Waals surface area contributed by atoms with Gasteiger partial charge in [-0.2, -0.15) is 5.26 Å². The van der Waals surface area contributed by atoms with Crippen molar-refractivity contribution in [3.63, 3.8) is 0 Å². The lowest BCUT2D eigenvalue weighted by molar-refractivity contribution is 0.734. The quantitative estimate of drug-likeness (QED) is 0.401. The van der Waals surface area contributed by atoms with Crippen LogP contribution >= 0.6 is 0 Å². The third-order valence-electron chi connectivity index (χ3n) is 5.44. The van der Waals surface area contributed by atoms with Crippen molar-refractivity contribution in [1.29, 1.82) is 5.26 Å². The highest BCUT2D eigenvalue weighted by Crippen LogP contribution is 2.27. The zero-order valence-electron chi connectivity index (χ0n) is 18.7. The Kier molecular flexibility index (Phi) is 8.77. The number of nitrogens with two attached hydrogens (primary N) is 1. The number of allylic oxidation sites excluding steroid dienone is 3. The summed E-state index contributed by atoms with van der Waals surface area (Å²) in [6, 6.07) is 16.6. The highest BCUT2D eigenvalue weighted by Gasteiger charge is 2.09. The predicted molar refractivity (Wildman–Crippen MR) is 129 cm³/mol. The molecule has 0 aliphatic carbocycles. The SMILES string of the molecule is C=C(/C=C(/C)N=C(C)C(C)CC)Cc1cc(C#N)ccc1-c1ccc(CCN)cc1. The Balaban J connectivity index is 2.31. The van der Waals surface area contributed by atoms with Crippen molar-refractivity contribution in [1.82, 2.24) is 0 Å². The van der Waals surface area contributed by atoms with Crippen molar-refractivity contribution in [2.45, 2.75) is 47.0 Å². The smallest absolute Gasteiger partial charge is 0.0991 e. The molecule has 0 fully saturated rings. The summed E-state index contributed by atoms with van der Waals surface area (Å²) in [7, 11) is 0. The third kappa shape index (κ3) is 6.54. The van der Waals surface area contributed by atoms with Crippen LogP contribution < -0.4 is 5.73 Å². The van der Waals surface area contributed by atoms with E-state index in [1.807, 2.05) is 31.2 Å². The molecular formula is C27H33N3. The van der Waals surface area contributed by atoms with Crippen molar-refractivity contribution in [2.24, 2.45) is 16.6 Å². The largest absolute Gasteiger partial charge is 0.330 e. The molecule has 3 nitrogen and oxygen atoms in total. The van der Waals surface area contributed by atoms with Crippen molar-refractivity contribution >= 4 is 5.71 Å². The average Bonchev–Trinajstić information content (AvgIpc) is 2.73. The fraction of sp³-hybridized carbons (Fsp3) is 0.333. The van der Waals surface area contributed by atoms with E-state index in [9.17, 15) is 5.26 Å². The molecule has 0 heterocycles. The van der Waals surface area contributed by atoms with E-state index in [1.165, 1.54) is 5.56 Å². The predicted octanol–water partition coefficient (Wildman–Crippen LogP) is 6.24. The lowest BCUT2D eigenvalue weighted by Crippen LogP contribution is -2.05. The summed E-state index contributed by atoms with van der Waals surface area (Å²) in [5, 5.41) is 9.36. The highest BCUT2D eigenvalue weighted by molar-refractivity contribution is 5.84. The first kappa shape index (κ1) is 23.3. The average molecular weight is 400 g/mol. The molecule has 2 rings (SSSR count). The molecule has 3 heteroatoms. The fourth-order valence-electron chi connectivity index (χ4n) is 3.42. The molecule has 0 aliphatic rings. The minimum atomic E-state index is 0.475. The minimum Gasteiger partial charge on any atom is -0.330 e. The van der Waals surface area contributed by atoms with Gasteiger partial charge >= 0.3 is 0 Å². The highest BCUT2D eigenvalue weighted by atomic mass is 14.7. The molecule has 0 spiro atoms. The Morgan fingerprint density at radius 3 is 2.50 bits per heavy atom. The number of nitrogens with zero attached hydrogens (tertiary/aromatic N) is 2. The van der Waals surface area contributed by atoms with Crippen molar-refractivity contribution in [3.8, 4) is 17.2 Å². The van der Waals surface area contributed by atoms with Crippen LogP contribution in [0.15, 0.2) is 71.4 Å². The maximum absolute atomic E-state index is 9.36. The summed E-state index contributed by atoms with van der Waals surface area (Å²) < 4.78 is 0. The normalized spacial score (nSPS) is 13.1. The van der Waals surface area contributed by atoms with Crippen LogP contribution in [0.2, 0.25) is 0 Å². The standard InChI is InChI=1S/C27H33N3/c1-6-20(3)22(5)30-21(4)15-19(2)16-26-17-24(18-29)9-12-27(26)25-10-7-23(8-11-25)13-14-28/h7-12,15,17,20H,2,6,13-14,16,28H2,1,3-5H3/b21-15-,30-22?. The molecule has 0 aliphatic heterocycles. The van der Waals surface area contributed by atoms with Crippen molar-refractivity contribution in [3.05, 3.63) is 83.1 Å². The molecule has 1 atom stereocenters. The van der Waals surface area contributed by atoms with Gasteiger partial charge in [0.05, 0.1) is 11.6 Å². The monoisotopic (exact) mass is 399 g/mol. The second-order valence-corrected chi connectivity index (χ2v) is 7.90. The topological polar surface area (TPSA) is 62.2 Å². The number of aliphatic imine (C=N–C) groups is 1. The van der Waals surface area contributed by atoms with Crippen LogP contribution in [0, 0.1) is 17.2 Å². The second-order valence-electron chi connectivity index (χ2n) is 7.90. The van der Waals surface area contributed by atoms with Gasteiger partial charge in [0.1, 0.15) is 0 Å². The molecule has 0 saturated carbocycles. The van der Waals surface area contributed by atoms with E-state index in [0.29, 0.717) is 24.4 Å². The molecule has 2 aromatic rings. The molecule has 1 unspecified atom stereocenters. The van der Waals surface area contributed by atoms with Crippen molar-refractivity contribution in [2.75, 3.05) is 6.54 Å². The number of benzene rings is 2. The molecule has 0 bridgehead atoms. The summed E-state index contributed by atoms with van der Waals surface area (Å²) in [6.45, 7) is 13.4. The van der Waals surface area contributed by atoms with Gasteiger partial charge in [0.2, 0.25) is 0 Å². The molecule has 2 aromatic carbocycles. The Bertz CT molecular complexity index is 972.